The van der Waals surface area contributed by atoms with Crippen LogP contribution in [0.5, 0.6) is 0 Å². The van der Waals surface area contributed by atoms with E-state index in [1.54, 1.807) is 7.05 Å². The number of hydrogen-bond acceptors (Lipinski definition) is 3. The normalized spacial score (nSPS) is 22.8. The fourth-order valence-electron chi connectivity index (χ4n) is 0.729. The number of morpholine rings is 1. The lowest BCUT2D eigenvalue weighted by molar-refractivity contribution is -0.869. The van der Waals surface area contributed by atoms with E-state index in [1.807, 2.05) is 5.90 Å². The molecule has 1 fully saturated rings. The lowest BCUT2D eigenvalue weighted by atomic mass is 10.4. The third kappa shape index (κ3) is 3.76. The molecule has 1 aliphatic heterocycles. The van der Waals surface area contributed by atoms with Crippen molar-refractivity contribution in [3.8, 4) is 0 Å². The van der Waals surface area contributed by atoms with Gasteiger partial charge in [-0.3, -0.25) is 0 Å². The molecule has 10 heavy (non-hydrogen) atoms. The molecule has 0 amide bonds. The van der Waals surface area contributed by atoms with Crippen molar-refractivity contribution < 1.29 is 15.3 Å². The van der Waals surface area contributed by atoms with Crippen molar-refractivity contribution in [2.75, 3.05) is 33.4 Å². The molecule has 0 aliphatic carbocycles. The SMILES string of the molecule is C[N+]1([O-])CCOCC1.[NH3+][O-]. The zero-order valence-corrected chi connectivity index (χ0v) is 6.21. The molecule has 0 aromatic carbocycles. The number of hydroxylamine groups is 3. The van der Waals surface area contributed by atoms with Crippen LogP contribution in [0.15, 0.2) is 0 Å². The predicted octanol–water partition coefficient (Wildman–Crippen LogP) is -1.31. The average molecular weight is 150 g/mol. The highest BCUT2D eigenvalue weighted by atomic mass is 16.6. The number of nitrogens with zero attached hydrogens (tertiary/aromatic N) is 1. The van der Waals surface area contributed by atoms with Gasteiger partial charge in [0.15, 0.2) is 0 Å². The monoisotopic (exact) mass is 150 g/mol. The molecule has 0 spiro atoms. The molecule has 0 bridgehead atoms. The average Bonchev–Trinajstić information content (AvgIpc) is 1.92. The van der Waals surface area contributed by atoms with Crippen molar-refractivity contribution in [1.82, 2.24) is 0 Å². The van der Waals surface area contributed by atoms with Crippen molar-refractivity contribution in [3.05, 3.63) is 10.4 Å². The summed E-state index contributed by atoms with van der Waals surface area (Å²) in [4.78, 5) is 0. The minimum absolute atomic E-state index is 0.125. The third-order valence-electron chi connectivity index (χ3n) is 1.42. The van der Waals surface area contributed by atoms with Crippen LogP contribution in [0.4, 0.5) is 0 Å². The summed E-state index contributed by atoms with van der Waals surface area (Å²) < 4.78 is 4.86. The van der Waals surface area contributed by atoms with Crippen LogP contribution in [-0.4, -0.2) is 38.0 Å². The maximum absolute atomic E-state index is 11.0. The highest BCUT2D eigenvalue weighted by molar-refractivity contribution is 4.44. The van der Waals surface area contributed by atoms with E-state index >= 15 is 0 Å². The Balaban J connectivity index is 0.000000371. The van der Waals surface area contributed by atoms with Gasteiger partial charge in [-0.15, -0.1) is 0 Å². The summed E-state index contributed by atoms with van der Waals surface area (Å²) in [6.45, 7) is 2.47. The Labute approximate surface area is 60.1 Å². The van der Waals surface area contributed by atoms with E-state index < -0.39 is 0 Å². The number of hydrogen-bond donors (Lipinski definition) is 1. The van der Waals surface area contributed by atoms with Crippen LogP contribution < -0.4 is 5.90 Å². The fraction of sp³-hybridized carbons (Fsp3) is 1.00. The molecule has 62 valence electrons. The molecule has 0 unspecified atom stereocenters. The van der Waals surface area contributed by atoms with Crippen LogP contribution >= 0.6 is 0 Å². The lowest BCUT2D eigenvalue weighted by Gasteiger charge is -2.41. The second-order valence-corrected chi connectivity index (χ2v) is 2.36. The van der Waals surface area contributed by atoms with Crippen molar-refractivity contribution in [1.29, 1.82) is 0 Å². The summed E-state index contributed by atoms with van der Waals surface area (Å²) in [6, 6.07) is 0. The van der Waals surface area contributed by atoms with Crippen molar-refractivity contribution in [3.63, 3.8) is 0 Å². The van der Waals surface area contributed by atoms with Crippen LogP contribution in [-0.2, 0) is 4.74 Å². The highest BCUT2D eigenvalue weighted by Crippen LogP contribution is 2.02. The molecule has 3 N–H and O–H groups in total. The number of likely N-dealkylation sites (N-methyl/N-ethyl adjacent to an activating group) is 1. The Morgan fingerprint density at radius 1 is 1.30 bits per heavy atom. The van der Waals surface area contributed by atoms with Gasteiger partial charge in [-0.25, -0.2) is 0 Å². The maximum Gasteiger partial charge on any atom is 0.102 e. The highest BCUT2D eigenvalue weighted by Gasteiger charge is 2.13. The third-order valence-corrected chi connectivity index (χ3v) is 1.42. The van der Waals surface area contributed by atoms with E-state index in [4.69, 9.17) is 9.94 Å². The van der Waals surface area contributed by atoms with E-state index in [2.05, 4.69) is 0 Å². The van der Waals surface area contributed by atoms with Crippen LogP contribution in [0.2, 0.25) is 0 Å². The Bertz CT molecular complexity index is 79.0. The van der Waals surface area contributed by atoms with Gasteiger partial charge in [0.1, 0.15) is 13.1 Å². The van der Waals surface area contributed by atoms with Gasteiger partial charge in [-0.05, 0) is 0 Å². The second-order valence-electron chi connectivity index (χ2n) is 2.36. The molecular weight excluding hydrogens is 136 g/mol. The van der Waals surface area contributed by atoms with Crippen molar-refractivity contribution >= 4 is 0 Å². The molecule has 0 aromatic heterocycles. The van der Waals surface area contributed by atoms with E-state index in [1.165, 1.54) is 0 Å². The van der Waals surface area contributed by atoms with Gasteiger partial charge in [0.05, 0.1) is 20.3 Å². The summed E-state index contributed by atoms with van der Waals surface area (Å²) in [7, 11) is 1.68. The van der Waals surface area contributed by atoms with Gasteiger partial charge in [-0.2, -0.15) is 0 Å². The van der Waals surface area contributed by atoms with Crippen LogP contribution in [0.1, 0.15) is 0 Å². The van der Waals surface area contributed by atoms with Gasteiger partial charge in [0, 0.05) is 0 Å². The van der Waals surface area contributed by atoms with E-state index in [0.29, 0.717) is 26.3 Å². The Morgan fingerprint density at radius 2 is 1.70 bits per heavy atom. The van der Waals surface area contributed by atoms with E-state index in [9.17, 15) is 5.21 Å². The van der Waals surface area contributed by atoms with Crippen LogP contribution in [0, 0.1) is 10.4 Å². The van der Waals surface area contributed by atoms with Crippen LogP contribution in [0.25, 0.3) is 0 Å². The molecule has 0 aromatic rings. The van der Waals surface area contributed by atoms with E-state index in [0.717, 1.165) is 0 Å². The zero-order chi connectivity index (χ0) is 8.04. The quantitative estimate of drug-likeness (QED) is 0.264. The first-order valence-corrected chi connectivity index (χ1v) is 3.13. The first kappa shape index (κ1) is 9.80. The molecule has 5 nitrogen and oxygen atoms in total. The second kappa shape index (κ2) is 4.59. The van der Waals surface area contributed by atoms with Crippen molar-refractivity contribution in [2.24, 2.45) is 0 Å². The van der Waals surface area contributed by atoms with Crippen molar-refractivity contribution in [2.45, 2.75) is 0 Å². The van der Waals surface area contributed by atoms with Gasteiger partial charge >= 0.3 is 0 Å². The van der Waals surface area contributed by atoms with E-state index in [-0.39, 0.29) is 4.65 Å². The first-order chi connectivity index (χ1) is 4.71. The largest absolute Gasteiger partial charge is 0.637 e. The zero-order valence-electron chi connectivity index (χ0n) is 6.21. The number of rotatable bonds is 0. The van der Waals surface area contributed by atoms with Gasteiger partial charge in [0.25, 0.3) is 0 Å². The number of ether oxygens (including phenoxy) is 1. The number of quaternary nitrogens is 2. The van der Waals surface area contributed by atoms with Gasteiger partial charge < -0.3 is 25.7 Å². The predicted molar refractivity (Wildman–Crippen MR) is 36.4 cm³/mol. The lowest BCUT2D eigenvalue weighted by Crippen LogP contribution is -2.46. The first-order valence-electron chi connectivity index (χ1n) is 3.13. The molecule has 5 heteroatoms. The summed E-state index contributed by atoms with van der Waals surface area (Å²) in [5.74, 6) is 2.00. The minimum Gasteiger partial charge on any atom is -0.637 e. The summed E-state index contributed by atoms with van der Waals surface area (Å²) in [5, 5.41) is 19.0. The molecule has 0 atom stereocenters. The molecule has 1 aliphatic rings. The molecule has 1 saturated heterocycles. The molecular formula is C5H14N2O3. The molecule has 0 radical (unpaired) electrons. The fourth-order valence-corrected chi connectivity index (χ4v) is 0.729. The topological polar surface area (TPSA) is 83.0 Å². The maximum atomic E-state index is 11.0. The molecule has 0 saturated carbocycles. The summed E-state index contributed by atoms with van der Waals surface area (Å²) >= 11 is 0. The van der Waals surface area contributed by atoms with Crippen LogP contribution in [0.3, 0.4) is 0 Å². The van der Waals surface area contributed by atoms with Gasteiger partial charge in [-0.1, -0.05) is 0 Å². The Kier molecular flexibility index (Phi) is 4.50. The summed E-state index contributed by atoms with van der Waals surface area (Å²) in [5.41, 5.74) is 0. The smallest absolute Gasteiger partial charge is 0.102 e. The molecule has 1 rings (SSSR count). The Hall–Kier alpha value is -0.200. The summed E-state index contributed by atoms with van der Waals surface area (Å²) in [6.07, 6.45) is 0. The Morgan fingerprint density at radius 3 is 1.90 bits per heavy atom. The standard InChI is InChI=1S/C5H11NO2.H3NO/c1-6(7)2-4-8-5-3-6;1-2/h2-5H2,1H3;1H3. The molecule has 1 heterocycles. The minimum atomic E-state index is -0.125. The van der Waals surface area contributed by atoms with Gasteiger partial charge in [0.2, 0.25) is 0 Å².